The van der Waals surface area contributed by atoms with Gasteiger partial charge in [0, 0.05) is 25.8 Å². The van der Waals surface area contributed by atoms with Gasteiger partial charge in [-0.25, -0.2) is 4.98 Å². The molecule has 0 bridgehead atoms. The van der Waals surface area contributed by atoms with E-state index in [0.717, 1.165) is 25.2 Å². The van der Waals surface area contributed by atoms with E-state index in [4.69, 9.17) is 0 Å². The SMILES string of the molecule is CCN(C)C(=O)C(C)n1cncc1C1CCCN1. The molecular weight excluding hydrogens is 228 g/mol. The first kappa shape index (κ1) is 13.1. The van der Waals surface area contributed by atoms with E-state index in [1.807, 2.05) is 31.7 Å². The summed E-state index contributed by atoms with van der Waals surface area (Å²) in [7, 11) is 1.84. The van der Waals surface area contributed by atoms with Crippen molar-refractivity contribution in [1.82, 2.24) is 19.8 Å². The molecule has 1 N–H and O–H groups in total. The second-order valence-electron chi connectivity index (χ2n) is 4.90. The van der Waals surface area contributed by atoms with Crippen LogP contribution >= 0.6 is 0 Å². The molecule has 5 nitrogen and oxygen atoms in total. The number of carbonyl (C=O) groups excluding carboxylic acids is 1. The Morgan fingerprint density at radius 1 is 1.72 bits per heavy atom. The fraction of sp³-hybridized carbons (Fsp3) is 0.692. The molecule has 2 heterocycles. The third-order valence-electron chi connectivity index (χ3n) is 3.74. The molecule has 1 fully saturated rings. The maximum absolute atomic E-state index is 12.2. The number of nitrogens with one attached hydrogen (secondary N) is 1. The second kappa shape index (κ2) is 5.52. The standard InChI is InChI=1S/C13H22N4O/c1-4-16(3)13(18)10(2)17-9-14-8-12(17)11-6-5-7-15-11/h8-11,15H,4-7H2,1-3H3. The lowest BCUT2D eigenvalue weighted by molar-refractivity contribution is -0.132. The Hall–Kier alpha value is -1.36. The number of rotatable bonds is 4. The average Bonchev–Trinajstić information content (AvgIpc) is 3.05. The molecule has 5 heteroatoms. The summed E-state index contributed by atoms with van der Waals surface area (Å²) in [6, 6.07) is 0.157. The Kier molecular flexibility index (Phi) is 4.01. The molecule has 0 aliphatic carbocycles. The van der Waals surface area contributed by atoms with Crippen LogP contribution in [0.4, 0.5) is 0 Å². The Balaban J connectivity index is 2.17. The largest absolute Gasteiger partial charge is 0.344 e. The number of hydrogen-bond donors (Lipinski definition) is 1. The summed E-state index contributed by atoms with van der Waals surface area (Å²) in [6.07, 6.45) is 5.95. The van der Waals surface area contributed by atoms with Crippen LogP contribution in [0.15, 0.2) is 12.5 Å². The van der Waals surface area contributed by atoms with E-state index < -0.39 is 0 Å². The first-order valence-corrected chi connectivity index (χ1v) is 6.65. The highest BCUT2D eigenvalue weighted by molar-refractivity contribution is 5.79. The fourth-order valence-corrected chi connectivity index (χ4v) is 2.44. The van der Waals surface area contributed by atoms with Gasteiger partial charge < -0.3 is 14.8 Å². The molecule has 1 aromatic heterocycles. The van der Waals surface area contributed by atoms with Crippen LogP contribution < -0.4 is 5.32 Å². The molecular formula is C13H22N4O. The van der Waals surface area contributed by atoms with Crippen molar-refractivity contribution in [3.8, 4) is 0 Å². The van der Waals surface area contributed by atoms with Gasteiger partial charge in [0.15, 0.2) is 0 Å². The Morgan fingerprint density at radius 2 is 2.50 bits per heavy atom. The molecule has 0 spiro atoms. The lowest BCUT2D eigenvalue weighted by Gasteiger charge is -2.23. The third kappa shape index (κ3) is 2.41. The predicted molar refractivity (Wildman–Crippen MR) is 70.2 cm³/mol. The first-order chi connectivity index (χ1) is 8.65. The van der Waals surface area contributed by atoms with Gasteiger partial charge in [-0.05, 0) is 33.2 Å². The smallest absolute Gasteiger partial charge is 0.245 e. The van der Waals surface area contributed by atoms with Crippen molar-refractivity contribution in [2.24, 2.45) is 0 Å². The van der Waals surface area contributed by atoms with Gasteiger partial charge in [-0.15, -0.1) is 0 Å². The van der Waals surface area contributed by atoms with Crippen LogP contribution in [0.25, 0.3) is 0 Å². The molecule has 2 rings (SSSR count). The number of likely N-dealkylation sites (N-methyl/N-ethyl adjacent to an activating group) is 1. The van der Waals surface area contributed by atoms with Gasteiger partial charge >= 0.3 is 0 Å². The van der Waals surface area contributed by atoms with Gasteiger partial charge in [0.05, 0.1) is 12.0 Å². The number of nitrogens with zero attached hydrogens (tertiary/aromatic N) is 3. The zero-order valence-electron chi connectivity index (χ0n) is 11.4. The van der Waals surface area contributed by atoms with Crippen molar-refractivity contribution in [3.05, 3.63) is 18.2 Å². The maximum atomic E-state index is 12.2. The van der Waals surface area contributed by atoms with Crippen LogP contribution in [0.5, 0.6) is 0 Å². The van der Waals surface area contributed by atoms with Crippen LogP contribution in [0.1, 0.15) is 44.5 Å². The van der Waals surface area contributed by atoms with Gasteiger partial charge in [-0.1, -0.05) is 0 Å². The van der Waals surface area contributed by atoms with E-state index in [0.29, 0.717) is 6.04 Å². The van der Waals surface area contributed by atoms with E-state index in [9.17, 15) is 4.79 Å². The summed E-state index contributed by atoms with van der Waals surface area (Å²) in [4.78, 5) is 18.2. The molecule has 1 aliphatic rings. The molecule has 2 unspecified atom stereocenters. The number of imidazole rings is 1. The minimum Gasteiger partial charge on any atom is -0.344 e. The van der Waals surface area contributed by atoms with Crippen molar-refractivity contribution in [3.63, 3.8) is 0 Å². The van der Waals surface area contributed by atoms with E-state index in [1.165, 1.54) is 6.42 Å². The molecule has 1 saturated heterocycles. The third-order valence-corrected chi connectivity index (χ3v) is 3.74. The molecule has 1 aliphatic heterocycles. The minimum absolute atomic E-state index is 0.134. The minimum atomic E-state index is -0.185. The predicted octanol–water partition coefficient (Wildman–Crippen LogP) is 1.35. The monoisotopic (exact) mass is 250 g/mol. The molecule has 0 aromatic carbocycles. The average molecular weight is 250 g/mol. The van der Waals surface area contributed by atoms with Crippen LogP contribution in [0.3, 0.4) is 0 Å². The first-order valence-electron chi connectivity index (χ1n) is 6.65. The van der Waals surface area contributed by atoms with Gasteiger partial charge in [-0.2, -0.15) is 0 Å². The molecule has 100 valence electrons. The second-order valence-corrected chi connectivity index (χ2v) is 4.90. The number of hydrogen-bond acceptors (Lipinski definition) is 3. The fourth-order valence-electron chi connectivity index (χ4n) is 2.44. The molecule has 2 atom stereocenters. The van der Waals surface area contributed by atoms with Crippen molar-refractivity contribution < 1.29 is 4.79 Å². The topological polar surface area (TPSA) is 50.2 Å². The van der Waals surface area contributed by atoms with Crippen molar-refractivity contribution >= 4 is 5.91 Å². The van der Waals surface area contributed by atoms with Crippen molar-refractivity contribution in [1.29, 1.82) is 0 Å². The molecule has 0 saturated carbocycles. The summed E-state index contributed by atoms with van der Waals surface area (Å²) in [5.41, 5.74) is 1.12. The van der Waals surface area contributed by atoms with Gasteiger partial charge in [-0.3, -0.25) is 4.79 Å². The summed E-state index contributed by atoms with van der Waals surface area (Å²) >= 11 is 0. The van der Waals surface area contributed by atoms with E-state index in [1.54, 1.807) is 11.2 Å². The highest BCUT2D eigenvalue weighted by Gasteiger charge is 2.25. The van der Waals surface area contributed by atoms with Crippen LogP contribution in [-0.4, -0.2) is 40.5 Å². The van der Waals surface area contributed by atoms with E-state index >= 15 is 0 Å². The molecule has 1 amide bonds. The molecule has 18 heavy (non-hydrogen) atoms. The normalized spacial score (nSPS) is 20.9. The highest BCUT2D eigenvalue weighted by atomic mass is 16.2. The molecule has 1 aromatic rings. The van der Waals surface area contributed by atoms with Crippen molar-refractivity contribution in [2.75, 3.05) is 20.1 Å². The van der Waals surface area contributed by atoms with Crippen LogP contribution in [-0.2, 0) is 4.79 Å². The maximum Gasteiger partial charge on any atom is 0.245 e. The summed E-state index contributed by atoms with van der Waals surface area (Å²) in [5, 5.41) is 3.45. The Morgan fingerprint density at radius 3 is 3.11 bits per heavy atom. The summed E-state index contributed by atoms with van der Waals surface area (Å²) in [5.74, 6) is 0.134. The summed E-state index contributed by atoms with van der Waals surface area (Å²) in [6.45, 7) is 5.70. The quantitative estimate of drug-likeness (QED) is 0.877. The number of aromatic nitrogens is 2. The Bertz CT molecular complexity index is 409. The van der Waals surface area contributed by atoms with Gasteiger partial charge in [0.1, 0.15) is 6.04 Å². The van der Waals surface area contributed by atoms with E-state index in [2.05, 4.69) is 10.3 Å². The zero-order chi connectivity index (χ0) is 13.1. The van der Waals surface area contributed by atoms with Gasteiger partial charge in [0.2, 0.25) is 5.91 Å². The lowest BCUT2D eigenvalue weighted by atomic mass is 10.1. The Labute approximate surface area is 108 Å². The van der Waals surface area contributed by atoms with Gasteiger partial charge in [0.25, 0.3) is 0 Å². The number of carbonyl (C=O) groups is 1. The van der Waals surface area contributed by atoms with Crippen LogP contribution in [0, 0.1) is 0 Å². The van der Waals surface area contributed by atoms with E-state index in [-0.39, 0.29) is 11.9 Å². The zero-order valence-corrected chi connectivity index (χ0v) is 11.4. The summed E-state index contributed by atoms with van der Waals surface area (Å²) < 4.78 is 2.00. The van der Waals surface area contributed by atoms with Crippen LogP contribution in [0.2, 0.25) is 0 Å². The van der Waals surface area contributed by atoms with Crippen molar-refractivity contribution in [2.45, 2.75) is 38.8 Å². The molecule has 0 radical (unpaired) electrons. The number of amides is 1. The highest BCUT2D eigenvalue weighted by Crippen LogP contribution is 2.25. The lowest BCUT2D eigenvalue weighted by Crippen LogP contribution is -2.34.